The molecule has 5 rings (SSSR count). The summed E-state index contributed by atoms with van der Waals surface area (Å²) in [6.45, 7) is 16.2. The highest BCUT2D eigenvalue weighted by Gasteiger charge is 2.25. The van der Waals surface area contributed by atoms with E-state index in [2.05, 4.69) is 178 Å². The number of hydrogen-bond acceptors (Lipinski definition) is 3. The molecule has 1 saturated carbocycles. The van der Waals surface area contributed by atoms with E-state index in [1.54, 1.807) is 0 Å². The van der Waals surface area contributed by atoms with Gasteiger partial charge in [-0.3, -0.25) is 4.79 Å². The number of Topliss-reactive ketones (excluding diaryl/α,β-unsaturated/α-hetero) is 1. The maximum absolute atomic E-state index is 14.0. The number of nitrogens with zero attached hydrogens (tertiary/aromatic N) is 2. The second-order valence-corrected chi connectivity index (χ2v) is 27.1. The van der Waals surface area contributed by atoms with Crippen molar-refractivity contribution in [1.29, 1.82) is 0 Å². The molecule has 0 bridgehead atoms. The second kappa shape index (κ2) is 48.9. The zero-order valence-electron chi connectivity index (χ0n) is 57.6. The number of unbranched alkanes of at least 4 members (excludes halogenated alkanes) is 36. The molecule has 3 heteroatoms. The molecule has 88 heavy (non-hydrogen) atoms. The third-order valence-corrected chi connectivity index (χ3v) is 18.9. The van der Waals surface area contributed by atoms with E-state index < -0.39 is 0 Å². The average Bonchev–Trinajstić information content (AvgIpc) is 3.72. The highest BCUT2D eigenvalue weighted by Crippen LogP contribution is 2.33. The van der Waals surface area contributed by atoms with Gasteiger partial charge in [0.25, 0.3) is 0 Å². The minimum atomic E-state index is 0.189. The first-order chi connectivity index (χ1) is 43.4. The van der Waals surface area contributed by atoms with Crippen molar-refractivity contribution in [2.24, 2.45) is 5.92 Å². The third-order valence-electron chi connectivity index (χ3n) is 18.9. The summed E-state index contributed by atoms with van der Waals surface area (Å²) in [7, 11) is 0. The molecule has 0 spiro atoms. The van der Waals surface area contributed by atoms with Crippen LogP contribution in [0.2, 0.25) is 0 Å². The monoisotopic (exact) mass is 1200 g/mol. The van der Waals surface area contributed by atoms with Crippen LogP contribution < -0.4 is 9.80 Å². The van der Waals surface area contributed by atoms with Crippen molar-refractivity contribution in [3.63, 3.8) is 0 Å². The van der Waals surface area contributed by atoms with Crippen LogP contribution in [-0.4, -0.2) is 32.0 Å². The van der Waals surface area contributed by atoms with Crippen molar-refractivity contribution >= 4 is 53.6 Å². The molecule has 4 aromatic rings. The Morgan fingerprint density at radius 3 is 0.705 bits per heavy atom. The van der Waals surface area contributed by atoms with Crippen LogP contribution >= 0.6 is 0 Å². The number of hydrogen-bond donors (Lipinski definition) is 0. The van der Waals surface area contributed by atoms with Crippen LogP contribution in [0.15, 0.2) is 108 Å². The molecular weight excluding hydrogens is 1060 g/mol. The molecule has 0 unspecified atom stereocenters. The van der Waals surface area contributed by atoms with Gasteiger partial charge in [0.15, 0.2) is 5.78 Å². The van der Waals surface area contributed by atoms with E-state index in [9.17, 15) is 4.79 Å². The highest BCUT2D eigenvalue weighted by atomic mass is 16.1. The molecule has 0 heterocycles. The summed E-state index contributed by atoms with van der Waals surface area (Å²) >= 11 is 0. The Bertz CT molecular complexity index is 2240. The van der Waals surface area contributed by atoms with E-state index in [-0.39, 0.29) is 5.78 Å². The molecule has 0 N–H and O–H groups in total. The van der Waals surface area contributed by atoms with Gasteiger partial charge in [-0.15, -0.1) is 0 Å². The fraction of sp³-hybridized carbons (Fsp3) is 0.612. The molecule has 1 aliphatic carbocycles. The summed E-state index contributed by atoms with van der Waals surface area (Å²) in [5.74, 6) is 0.601. The number of ketones is 1. The molecule has 0 atom stereocenters. The van der Waals surface area contributed by atoms with Crippen molar-refractivity contribution in [1.82, 2.24) is 0 Å². The fourth-order valence-electron chi connectivity index (χ4n) is 13.2. The molecule has 1 aliphatic rings. The lowest BCUT2D eigenvalue weighted by Gasteiger charge is -2.25. The molecule has 3 nitrogen and oxygen atoms in total. The van der Waals surface area contributed by atoms with Gasteiger partial charge in [0.1, 0.15) is 0 Å². The van der Waals surface area contributed by atoms with Gasteiger partial charge in [0.05, 0.1) is 0 Å². The standard InChI is InChI=1S/C85H130N2O/c1-6-10-14-18-22-26-30-34-38-42-66-86(67-43-39-35-31-27-23-19-15-11-7-2)83-62-58-77(59-63-83)48-46-75-50-54-79(55-51-75)72-81-70-74(5)71-82(85(81)88)73-80-56-52-76(53-57-80)47-49-78-60-64-84(65-61-78)87(68-44-40-36-32-28-24-20-16-12-8-3)69-45-41-37-33-29-25-21-17-13-9-4/h46-65,72-74H,6-45,66-71H2,1-5H3/b48-46+,49-47+,81-72+,82-73+. The fourth-order valence-corrected chi connectivity index (χ4v) is 13.2. The summed E-state index contributed by atoms with van der Waals surface area (Å²) < 4.78 is 0. The number of benzene rings is 4. The van der Waals surface area contributed by atoms with E-state index >= 15 is 0 Å². The van der Waals surface area contributed by atoms with Crippen LogP contribution in [0.5, 0.6) is 0 Å². The number of anilines is 2. The van der Waals surface area contributed by atoms with Crippen LogP contribution in [-0.2, 0) is 4.79 Å². The van der Waals surface area contributed by atoms with Crippen LogP contribution in [0.3, 0.4) is 0 Å². The molecule has 1 fully saturated rings. The Morgan fingerprint density at radius 1 is 0.284 bits per heavy atom. The lowest BCUT2D eigenvalue weighted by atomic mass is 9.80. The van der Waals surface area contributed by atoms with Gasteiger partial charge in [0.2, 0.25) is 0 Å². The maximum atomic E-state index is 14.0. The lowest BCUT2D eigenvalue weighted by molar-refractivity contribution is -0.113. The lowest BCUT2D eigenvalue weighted by Crippen LogP contribution is -2.25. The molecule has 0 aromatic heterocycles. The Kier molecular flexibility index (Phi) is 41.0. The van der Waals surface area contributed by atoms with Gasteiger partial charge in [0, 0.05) is 48.7 Å². The van der Waals surface area contributed by atoms with Crippen molar-refractivity contribution in [3.8, 4) is 0 Å². The molecule has 0 aliphatic heterocycles. The molecule has 0 radical (unpaired) electrons. The number of rotatable bonds is 52. The number of allylic oxidation sites excluding steroid dienone is 2. The molecule has 0 amide bonds. The molecular formula is C85H130N2O. The summed E-state index contributed by atoms with van der Waals surface area (Å²) in [4.78, 5) is 19.4. The Morgan fingerprint density at radius 2 is 0.477 bits per heavy atom. The summed E-state index contributed by atoms with van der Waals surface area (Å²) in [5.41, 5.74) is 11.5. The van der Waals surface area contributed by atoms with Gasteiger partial charge in [-0.25, -0.2) is 0 Å². The second-order valence-electron chi connectivity index (χ2n) is 27.1. The minimum absolute atomic E-state index is 0.189. The average molecular weight is 1200 g/mol. The van der Waals surface area contributed by atoms with Crippen molar-refractivity contribution in [3.05, 3.63) is 142 Å². The van der Waals surface area contributed by atoms with E-state index in [1.807, 2.05) is 0 Å². The predicted molar refractivity (Wildman–Crippen MR) is 395 cm³/mol. The predicted octanol–water partition coefficient (Wildman–Crippen LogP) is 26.8. The summed E-state index contributed by atoms with van der Waals surface area (Å²) in [5, 5.41) is 0. The van der Waals surface area contributed by atoms with Crippen LogP contribution in [0.1, 0.15) is 338 Å². The maximum Gasteiger partial charge on any atom is 0.185 e. The van der Waals surface area contributed by atoms with E-state index in [0.717, 1.165) is 61.3 Å². The SMILES string of the molecule is CCCCCCCCCCCCN(CCCCCCCCCCCC)c1ccc(/C=C/c2ccc(/C=C3\CC(C)C/C(=C\c4ccc(/C=C/c5ccc(N(CCCCCCCCCCCC)CCCCCCCCCCCC)cc5)cc4)C3=O)cc2)cc1. The van der Waals surface area contributed by atoms with Gasteiger partial charge < -0.3 is 9.80 Å². The zero-order chi connectivity index (χ0) is 62.2. The topological polar surface area (TPSA) is 23.6 Å². The summed E-state index contributed by atoms with van der Waals surface area (Å²) in [6.07, 6.45) is 70.0. The van der Waals surface area contributed by atoms with E-state index in [0.29, 0.717) is 5.92 Å². The smallest absolute Gasteiger partial charge is 0.185 e. The van der Waals surface area contributed by atoms with Gasteiger partial charge >= 0.3 is 0 Å². The largest absolute Gasteiger partial charge is 0.372 e. The Hall–Kier alpha value is -4.89. The van der Waals surface area contributed by atoms with Crippen molar-refractivity contribution in [2.75, 3.05) is 36.0 Å². The van der Waals surface area contributed by atoms with Crippen LogP contribution in [0.25, 0.3) is 36.5 Å². The normalized spacial score (nSPS) is 14.6. The summed E-state index contributed by atoms with van der Waals surface area (Å²) in [6, 6.07) is 36.0. The van der Waals surface area contributed by atoms with Gasteiger partial charge in [-0.05, 0) is 114 Å². The van der Waals surface area contributed by atoms with Crippen LogP contribution in [0.4, 0.5) is 11.4 Å². The Balaban J connectivity index is 1.10. The molecule has 0 saturated heterocycles. The minimum Gasteiger partial charge on any atom is -0.372 e. The first kappa shape index (κ1) is 73.8. The number of carbonyl (C=O) groups is 1. The van der Waals surface area contributed by atoms with Crippen LogP contribution in [0, 0.1) is 5.92 Å². The highest BCUT2D eigenvalue weighted by molar-refractivity contribution is 6.14. The first-order valence-electron chi connectivity index (χ1n) is 37.6. The third kappa shape index (κ3) is 33.3. The molecule has 486 valence electrons. The Labute approximate surface area is 543 Å². The van der Waals surface area contributed by atoms with Gasteiger partial charge in [-0.2, -0.15) is 0 Å². The quantitative estimate of drug-likeness (QED) is 0.0250. The first-order valence-corrected chi connectivity index (χ1v) is 37.6. The number of carbonyl (C=O) groups excluding carboxylic acids is 1. The van der Waals surface area contributed by atoms with Gasteiger partial charge in [-0.1, -0.05) is 363 Å². The van der Waals surface area contributed by atoms with E-state index in [1.165, 1.54) is 290 Å². The van der Waals surface area contributed by atoms with Crippen molar-refractivity contribution in [2.45, 2.75) is 304 Å². The van der Waals surface area contributed by atoms with Crippen molar-refractivity contribution < 1.29 is 4.79 Å². The van der Waals surface area contributed by atoms with E-state index in [4.69, 9.17) is 0 Å². The zero-order valence-corrected chi connectivity index (χ0v) is 57.6. The molecule has 4 aromatic carbocycles.